The van der Waals surface area contributed by atoms with Crippen LogP contribution in [0.3, 0.4) is 0 Å². The largest absolute Gasteiger partial charge is 0.495 e. The highest BCUT2D eigenvalue weighted by Gasteiger charge is 2.56. The average molecular weight is 658 g/mol. The number of hydrogen-bond acceptors (Lipinski definition) is 9. The van der Waals surface area contributed by atoms with Crippen molar-refractivity contribution in [2.24, 2.45) is 0 Å². The second kappa shape index (κ2) is 13.2. The predicted octanol–water partition coefficient (Wildman–Crippen LogP) is 3.41. The van der Waals surface area contributed by atoms with E-state index >= 15 is 0 Å². The molecule has 0 bridgehead atoms. The van der Waals surface area contributed by atoms with Gasteiger partial charge in [0.15, 0.2) is 0 Å². The molecule has 0 atom stereocenters. The van der Waals surface area contributed by atoms with Crippen LogP contribution >= 0.6 is 0 Å². The number of morpholine rings is 1. The molecule has 1 saturated carbocycles. The van der Waals surface area contributed by atoms with Crippen LogP contribution in [0.25, 0.3) is 0 Å². The number of hydrogen-bond donors (Lipinski definition) is 1. The Labute approximate surface area is 270 Å². The van der Waals surface area contributed by atoms with Gasteiger partial charge in [-0.15, -0.1) is 0 Å². The van der Waals surface area contributed by atoms with E-state index in [2.05, 4.69) is 5.32 Å². The molecule has 3 amide bonds. The molecule has 2 aromatic carbocycles. The van der Waals surface area contributed by atoms with Gasteiger partial charge in [0.2, 0.25) is 5.91 Å². The summed E-state index contributed by atoms with van der Waals surface area (Å²) in [5, 5.41) is 2.85. The van der Waals surface area contributed by atoms with Gasteiger partial charge in [-0.1, -0.05) is 0 Å². The van der Waals surface area contributed by atoms with Gasteiger partial charge in [-0.25, -0.2) is 12.7 Å². The van der Waals surface area contributed by atoms with Gasteiger partial charge in [0.05, 0.1) is 44.1 Å². The van der Waals surface area contributed by atoms with Gasteiger partial charge in [0.1, 0.15) is 23.0 Å². The van der Waals surface area contributed by atoms with Crippen LogP contribution in [0.5, 0.6) is 11.5 Å². The van der Waals surface area contributed by atoms with Crippen LogP contribution < -0.4 is 19.1 Å². The van der Waals surface area contributed by atoms with Crippen LogP contribution in [0.1, 0.15) is 69.3 Å². The standard InChI is InChI=1S/C33H43N3O9S/c1-6-44-24-8-9-26-25(20-24)33(13-11-23(12-14-33)45-21-29(37)35-15-17-43-18-16-35)31(39)36(26)46(40,41)28-10-7-22(19-27(28)42-5)30(38)34-32(2,3)4/h7-10,19-20,23H,6,11-18,21H2,1-5H3,(H,34,38). The Balaban J connectivity index is 1.42. The molecule has 2 aliphatic heterocycles. The summed E-state index contributed by atoms with van der Waals surface area (Å²) in [5.74, 6) is -0.555. The van der Waals surface area contributed by atoms with E-state index in [9.17, 15) is 22.8 Å². The maximum absolute atomic E-state index is 14.4. The monoisotopic (exact) mass is 657 g/mol. The molecule has 1 spiro atoms. The number of amides is 3. The second-order valence-corrected chi connectivity index (χ2v) is 14.6. The Hall–Kier alpha value is -3.68. The van der Waals surface area contributed by atoms with Crippen LogP contribution in [-0.2, 0) is 34.5 Å². The van der Waals surface area contributed by atoms with Crippen molar-refractivity contribution in [3.63, 3.8) is 0 Å². The molecule has 46 heavy (non-hydrogen) atoms. The molecule has 12 nitrogen and oxygen atoms in total. The van der Waals surface area contributed by atoms with E-state index in [0.29, 0.717) is 69.9 Å². The Bertz CT molecular complexity index is 1590. The van der Waals surface area contributed by atoms with Gasteiger partial charge in [-0.3, -0.25) is 14.4 Å². The minimum Gasteiger partial charge on any atom is -0.495 e. The number of rotatable bonds is 9. The first-order valence-corrected chi connectivity index (χ1v) is 17.1. The molecule has 250 valence electrons. The first-order valence-electron chi connectivity index (χ1n) is 15.7. The van der Waals surface area contributed by atoms with Crippen LogP contribution in [-0.4, -0.2) is 89.3 Å². The lowest BCUT2D eigenvalue weighted by molar-refractivity contribution is -0.143. The molecule has 1 N–H and O–H groups in total. The minimum atomic E-state index is -4.47. The van der Waals surface area contributed by atoms with Crippen molar-refractivity contribution in [3.8, 4) is 11.5 Å². The van der Waals surface area contributed by atoms with Crippen molar-refractivity contribution in [1.82, 2.24) is 10.2 Å². The Morgan fingerprint density at radius 1 is 1.07 bits per heavy atom. The zero-order valence-corrected chi connectivity index (χ0v) is 27.9. The number of methoxy groups -OCH3 is 1. The lowest BCUT2D eigenvalue weighted by atomic mass is 9.69. The fourth-order valence-electron chi connectivity index (χ4n) is 6.35. The third kappa shape index (κ3) is 6.58. The quantitative estimate of drug-likeness (QED) is 0.430. The Morgan fingerprint density at radius 3 is 2.39 bits per heavy atom. The van der Waals surface area contributed by atoms with Crippen molar-refractivity contribution in [2.75, 3.05) is 50.9 Å². The number of anilines is 1. The highest BCUT2D eigenvalue weighted by atomic mass is 32.2. The molecule has 0 aromatic heterocycles. The zero-order valence-electron chi connectivity index (χ0n) is 27.1. The van der Waals surface area contributed by atoms with Crippen LogP contribution in [0.4, 0.5) is 5.69 Å². The van der Waals surface area contributed by atoms with Gasteiger partial charge < -0.3 is 29.2 Å². The molecule has 2 heterocycles. The second-order valence-electron chi connectivity index (χ2n) is 12.8. The molecule has 0 unspecified atom stereocenters. The molecule has 0 radical (unpaired) electrons. The summed E-state index contributed by atoms with van der Waals surface area (Å²) in [4.78, 5) is 41.4. The van der Waals surface area contributed by atoms with E-state index in [1.165, 1.54) is 25.3 Å². The number of sulfonamides is 1. The van der Waals surface area contributed by atoms with Crippen molar-refractivity contribution in [3.05, 3.63) is 47.5 Å². The maximum Gasteiger partial charge on any atom is 0.274 e. The topological polar surface area (TPSA) is 141 Å². The van der Waals surface area contributed by atoms with Gasteiger partial charge in [0.25, 0.3) is 21.8 Å². The molecule has 3 aliphatic rings. The number of nitrogens with one attached hydrogen (secondary N) is 1. The number of fused-ring (bicyclic) bond motifs is 2. The van der Waals surface area contributed by atoms with E-state index < -0.39 is 26.9 Å². The predicted molar refractivity (Wildman–Crippen MR) is 170 cm³/mol. The van der Waals surface area contributed by atoms with Crippen LogP contribution in [0.2, 0.25) is 0 Å². The molecular formula is C33H43N3O9S. The third-order valence-electron chi connectivity index (χ3n) is 8.63. The summed E-state index contributed by atoms with van der Waals surface area (Å²) in [6, 6.07) is 9.09. The SMILES string of the molecule is CCOc1ccc2c(c1)C1(CCC(OCC(=O)N3CCOCC3)CC1)C(=O)N2S(=O)(=O)c1ccc(C(=O)NC(C)(C)C)cc1OC. The third-order valence-corrected chi connectivity index (χ3v) is 10.4. The summed E-state index contributed by atoms with van der Waals surface area (Å²) in [6.07, 6.45) is 1.35. The number of ether oxygens (including phenoxy) is 4. The number of nitrogens with zero attached hydrogens (tertiary/aromatic N) is 2. The lowest BCUT2D eigenvalue weighted by Crippen LogP contribution is -2.46. The van der Waals surface area contributed by atoms with E-state index in [1.54, 1.807) is 23.1 Å². The molecular weight excluding hydrogens is 614 g/mol. The summed E-state index contributed by atoms with van der Waals surface area (Å²) >= 11 is 0. The minimum absolute atomic E-state index is 0.0511. The highest BCUT2D eigenvalue weighted by molar-refractivity contribution is 7.93. The van der Waals surface area contributed by atoms with E-state index in [-0.39, 0.29) is 46.4 Å². The number of benzene rings is 2. The van der Waals surface area contributed by atoms with Crippen molar-refractivity contribution in [1.29, 1.82) is 0 Å². The van der Waals surface area contributed by atoms with E-state index in [0.717, 1.165) is 4.31 Å². The average Bonchev–Trinajstić information content (AvgIpc) is 3.27. The summed E-state index contributed by atoms with van der Waals surface area (Å²) in [6.45, 7) is 9.80. The Kier molecular flexibility index (Phi) is 9.67. The first-order chi connectivity index (χ1) is 21.8. The van der Waals surface area contributed by atoms with Crippen molar-refractivity contribution < 1.29 is 41.7 Å². The Morgan fingerprint density at radius 2 is 1.76 bits per heavy atom. The van der Waals surface area contributed by atoms with E-state index in [4.69, 9.17) is 18.9 Å². The van der Waals surface area contributed by atoms with Crippen LogP contribution in [0.15, 0.2) is 41.3 Å². The van der Waals surface area contributed by atoms with Gasteiger partial charge in [-0.05, 0) is 95.3 Å². The zero-order chi connectivity index (χ0) is 33.3. The normalized spacial score (nSPS) is 21.7. The molecule has 5 rings (SSSR count). The van der Waals surface area contributed by atoms with Gasteiger partial charge >= 0.3 is 0 Å². The highest BCUT2D eigenvalue weighted by Crippen LogP contribution is 2.53. The fraction of sp³-hybridized carbons (Fsp3) is 0.545. The molecule has 2 aromatic rings. The smallest absolute Gasteiger partial charge is 0.274 e. The van der Waals surface area contributed by atoms with Gasteiger partial charge in [0, 0.05) is 24.2 Å². The maximum atomic E-state index is 14.4. The first kappa shape index (κ1) is 33.7. The fourth-order valence-corrected chi connectivity index (χ4v) is 7.99. The summed E-state index contributed by atoms with van der Waals surface area (Å²) in [5.41, 5.74) is -0.565. The molecule has 1 saturated heterocycles. The van der Waals surface area contributed by atoms with Crippen molar-refractivity contribution in [2.45, 2.75) is 75.3 Å². The number of carbonyl (C=O) groups excluding carboxylic acids is 3. The molecule has 2 fully saturated rings. The van der Waals surface area contributed by atoms with Gasteiger partial charge in [-0.2, -0.15) is 0 Å². The summed E-state index contributed by atoms with van der Waals surface area (Å²) < 4.78 is 52.1. The number of carbonyl (C=O) groups is 3. The summed E-state index contributed by atoms with van der Waals surface area (Å²) in [7, 11) is -3.16. The van der Waals surface area contributed by atoms with E-state index in [1.807, 2.05) is 27.7 Å². The molecule has 13 heteroatoms. The lowest BCUT2D eigenvalue weighted by Gasteiger charge is -2.36. The van der Waals surface area contributed by atoms with Crippen molar-refractivity contribution >= 4 is 33.4 Å². The molecule has 1 aliphatic carbocycles. The van der Waals surface area contributed by atoms with Crippen LogP contribution in [0, 0.1) is 0 Å².